The largest absolute Gasteiger partial charge is 0.342 e. The van der Waals surface area contributed by atoms with Crippen LogP contribution in [0.3, 0.4) is 0 Å². The van der Waals surface area contributed by atoms with Crippen LogP contribution < -0.4 is 5.32 Å². The van der Waals surface area contributed by atoms with Crippen molar-refractivity contribution >= 4 is 17.0 Å². The van der Waals surface area contributed by atoms with Gasteiger partial charge in [-0.2, -0.15) is 5.10 Å². The van der Waals surface area contributed by atoms with Crippen molar-refractivity contribution in [3.05, 3.63) is 84.1 Å². The third kappa shape index (κ3) is 4.33. The number of imidazole rings is 1. The van der Waals surface area contributed by atoms with Gasteiger partial charge in [-0.3, -0.25) is 9.67 Å². The summed E-state index contributed by atoms with van der Waals surface area (Å²) in [6.45, 7) is 1.08. The SMILES string of the molecule is Cn1nccc1C1=C(c2ccc(-c3ccc(-c4cnc(C5CCCC5)[nH]4)cc3)cc2)CC([C@@H]2CCCN2)=N1. The molecule has 0 bridgehead atoms. The Morgan fingerprint density at radius 2 is 1.53 bits per heavy atom. The highest BCUT2D eigenvalue weighted by Gasteiger charge is 2.29. The summed E-state index contributed by atoms with van der Waals surface area (Å²) in [7, 11) is 1.99. The zero-order valence-electron chi connectivity index (χ0n) is 22.0. The zero-order chi connectivity index (χ0) is 25.5. The van der Waals surface area contributed by atoms with Crippen LogP contribution in [0.15, 0.2) is 72.0 Å². The fourth-order valence-corrected chi connectivity index (χ4v) is 6.34. The van der Waals surface area contributed by atoms with Crippen LogP contribution in [0.4, 0.5) is 0 Å². The number of aromatic amines is 1. The van der Waals surface area contributed by atoms with E-state index in [-0.39, 0.29) is 0 Å². The maximum atomic E-state index is 5.14. The molecule has 1 aliphatic carbocycles. The second-order valence-corrected chi connectivity index (χ2v) is 10.9. The van der Waals surface area contributed by atoms with E-state index in [0.29, 0.717) is 12.0 Å². The standard InChI is InChI=1S/C32H34N6/c1-38-30(16-18-35-38)31-26(19-28(36-31)27-7-4-17-33-27)23-12-8-21(9-13-23)22-10-14-24(15-11-22)29-20-34-32(37-29)25-5-2-3-6-25/h8-16,18,20,25,27,33H,2-7,17,19H2,1H3,(H,34,37)/t27-/m0/s1. The molecule has 0 radical (unpaired) electrons. The normalized spacial score (nSPS) is 20.0. The van der Waals surface area contributed by atoms with Gasteiger partial charge < -0.3 is 10.3 Å². The maximum Gasteiger partial charge on any atom is 0.109 e. The molecule has 0 amide bonds. The minimum absolute atomic E-state index is 0.387. The lowest BCUT2D eigenvalue weighted by Crippen LogP contribution is -2.29. The third-order valence-corrected chi connectivity index (χ3v) is 8.53. The smallest absolute Gasteiger partial charge is 0.109 e. The molecule has 2 N–H and O–H groups in total. The highest BCUT2D eigenvalue weighted by molar-refractivity contribution is 6.11. The van der Waals surface area contributed by atoms with E-state index in [1.54, 1.807) is 0 Å². The maximum absolute atomic E-state index is 5.14. The minimum Gasteiger partial charge on any atom is -0.342 e. The predicted molar refractivity (Wildman–Crippen MR) is 154 cm³/mol. The Hall–Kier alpha value is -3.77. The van der Waals surface area contributed by atoms with Gasteiger partial charge in [0.05, 0.1) is 23.3 Å². The van der Waals surface area contributed by atoms with Gasteiger partial charge in [0.2, 0.25) is 0 Å². The van der Waals surface area contributed by atoms with Crippen LogP contribution in [0.25, 0.3) is 33.7 Å². The Bertz CT molecular complexity index is 1490. The zero-order valence-corrected chi connectivity index (χ0v) is 22.0. The average Bonchev–Trinajstić information content (AvgIpc) is 3.79. The van der Waals surface area contributed by atoms with E-state index < -0.39 is 0 Å². The van der Waals surface area contributed by atoms with E-state index in [9.17, 15) is 0 Å². The van der Waals surface area contributed by atoms with E-state index in [1.807, 2.05) is 24.1 Å². The summed E-state index contributed by atoms with van der Waals surface area (Å²) < 4.78 is 1.93. The number of aromatic nitrogens is 4. The molecular formula is C32H34N6. The molecule has 4 heterocycles. The van der Waals surface area contributed by atoms with Crippen LogP contribution in [-0.4, -0.2) is 38.0 Å². The van der Waals surface area contributed by atoms with Gasteiger partial charge in [-0.1, -0.05) is 61.4 Å². The van der Waals surface area contributed by atoms with Crippen molar-refractivity contribution in [3.8, 4) is 22.4 Å². The topological polar surface area (TPSA) is 70.9 Å². The molecule has 2 fully saturated rings. The Morgan fingerprint density at radius 3 is 2.18 bits per heavy atom. The van der Waals surface area contributed by atoms with Gasteiger partial charge in [-0.25, -0.2) is 4.98 Å². The molecule has 6 heteroatoms. The van der Waals surface area contributed by atoms with Crippen LogP contribution in [0.1, 0.15) is 67.9 Å². The van der Waals surface area contributed by atoms with E-state index >= 15 is 0 Å². The number of aliphatic imine (C=N–C) groups is 1. The molecule has 6 nitrogen and oxygen atoms in total. The monoisotopic (exact) mass is 502 g/mol. The van der Waals surface area contributed by atoms with Crippen LogP contribution in [0, 0.1) is 0 Å². The first-order valence-electron chi connectivity index (χ1n) is 14.0. The van der Waals surface area contributed by atoms with Gasteiger partial charge in [-0.15, -0.1) is 0 Å². The number of hydrogen-bond acceptors (Lipinski definition) is 4. The molecule has 0 spiro atoms. The Balaban J connectivity index is 1.13. The van der Waals surface area contributed by atoms with Gasteiger partial charge >= 0.3 is 0 Å². The van der Waals surface area contributed by atoms with Crippen molar-refractivity contribution in [2.45, 2.75) is 56.9 Å². The molecule has 1 saturated heterocycles. The van der Waals surface area contributed by atoms with Gasteiger partial charge in [0.15, 0.2) is 0 Å². The Morgan fingerprint density at radius 1 is 0.816 bits per heavy atom. The molecule has 192 valence electrons. The Kier molecular flexibility index (Phi) is 6.05. The van der Waals surface area contributed by atoms with Crippen LogP contribution >= 0.6 is 0 Å². The number of rotatable bonds is 6. The van der Waals surface area contributed by atoms with Crippen molar-refractivity contribution in [3.63, 3.8) is 0 Å². The fraction of sp³-hybridized carbons (Fsp3) is 0.344. The summed E-state index contributed by atoms with van der Waals surface area (Å²) in [6.07, 6.45) is 12.3. The second kappa shape index (κ2) is 9.84. The molecule has 2 aliphatic heterocycles. The first kappa shape index (κ1) is 23.4. The van der Waals surface area contributed by atoms with Crippen molar-refractivity contribution in [1.29, 1.82) is 0 Å². The molecule has 0 unspecified atom stereocenters. The van der Waals surface area contributed by atoms with Gasteiger partial charge in [0.25, 0.3) is 0 Å². The molecule has 2 aromatic heterocycles. The van der Waals surface area contributed by atoms with Gasteiger partial charge in [0.1, 0.15) is 5.82 Å². The van der Waals surface area contributed by atoms with Crippen molar-refractivity contribution in [1.82, 2.24) is 25.1 Å². The number of aryl methyl sites for hydroxylation is 1. The lowest BCUT2D eigenvalue weighted by molar-refractivity contribution is 0.679. The van der Waals surface area contributed by atoms with Crippen LogP contribution in [-0.2, 0) is 7.05 Å². The quantitative estimate of drug-likeness (QED) is 0.312. The number of hydrogen-bond donors (Lipinski definition) is 2. The minimum atomic E-state index is 0.387. The first-order chi connectivity index (χ1) is 18.7. The summed E-state index contributed by atoms with van der Waals surface area (Å²) >= 11 is 0. The Labute approximate surface area is 223 Å². The number of allylic oxidation sites excluding steroid dienone is 1. The number of nitrogens with zero attached hydrogens (tertiary/aromatic N) is 4. The molecule has 4 aromatic rings. The van der Waals surface area contributed by atoms with Crippen molar-refractivity contribution in [2.75, 3.05) is 6.54 Å². The highest BCUT2D eigenvalue weighted by atomic mass is 15.3. The summed E-state index contributed by atoms with van der Waals surface area (Å²) in [5.74, 6) is 1.76. The summed E-state index contributed by atoms with van der Waals surface area (Å²) in [6, 6.07) is 20.2. The van der Waals surface area contributed by atoms with E-state index in [4.69, 9.17) is 4.99 Å². The molecule has 1 atom stereocenters. The molecule has 3 aliphatic rings. The lowest BCUT2D eigenvalue weighted by atomic mass is 9.94. The van der Waals surface area contributed by atoms with Crippen LogP contribution in [0.5, 0.6) is 0 Å². The fourth-order valence-electron chi connectivity index (χ4n) is 6.34. The van der Waals surface area contributed by atoms with E-state index in [1.165, 1.54) is 72.1 Å². The van der Waals surface area contributed by atoms with E-state index in [0.717, 1.165) is 35.9 Å². The highest BCUT2D eigenvalue weighted by Crippen LogP contribution is 2.38. The molecule has 2 aromatic carbocycles. The summed E-state index contributed by atoms with van der Waals surface area (Å²) in [5, 5.41) is 8.03. The number of H-pyrrole nitrogens is 1. The lowest BCUT2D eigenvalue weighted by Gasteiger charge is -2.11. The molecule has 38 heavy (non-hydrogen) atoms. The van der Waals surface area contributed by atoms with Crippen molar-refractivity contribution < 1.29 is 0 Å². The van der Waals surface area contributed by atoms with Gasteiger partial charge in [-0.05, 0) is 66.1 Å². The van der Waals surface area contributed by atoms with Gasteiger partial charge in [0, 0.05) is 37.3 Å². The van der Waals surface area contributed by atoms with Crippen LogP contribution in [0.2, 0.25) is 0 Å². The molecular weight excluding hydrogens is 468 g/mol. The first-order valence-corrected chi connectivity index (χ1v) is 14.0. The second-order valence-electron chi connectivity index (χ2n) is 10.9. The third-order valence-electron chi connectivity index (χ3n) is 8.53. The van der Waals surface area contributed by atoms with Crippen molar-refractivity contribution in [2.24, 2.45) is 12.0 Å². The number of benzene rings is 2. The average molecular weight is 503 g/mol. The summed E-state index contributed by atoms with van der Waals surface area (Å²) in [4.78, 5) is 13.4. The van der Waals surface area contributed by atoms with E-state index in [2.05, 4.69) is 75.0 Å². The molecule has 7 rings (SSSR count). The summed E-state index contributed by atoms with van der Waals surface area (Å²) in [5.41, 5.74) is 10.6. The molecule has 1 saturated carbocycles. The predicted octanol–water partition coefficient (Wildman–Crippen LogP) is 6.60. The number of nitrogens with one attached hydrogen (secondary N) is 2.